The maximum absolute atomic E-state index is 13.7. The quantitative estimate of drug-likeness (QED) is 0.169. The number of fused-ring (bicyclic) bond motifs is 1. The Labute approximate surface area is 268 Å². The highest BCUT2D eigenvalue weighted by Crippen LogP contribution is 2.42. The Hall–Kier alpha value is -4.14. The summed E-state index contributed by atoms with van der Waals surface area (Å²) in [6.07, 6.45) is -6.72. The largest absolute Gasteiger partial charge is 0.481 e. The zero-order valence-corrected chi connectivity index (χ0v) is 26.2. The van der Waals surface area contributed by atoms with Crippen molar-refractivity contribution in [3.63, 3.8) is 0 Å². The standard InChI is InChI=1S/C32H36F6N6O3/c1-4-22-16-23(28-25(44(22)39)6-7-27(42-28)46-3)29-40-17-26(43-10-8-19(9-11-43)30(45)47-5-2)24(41-29)14-18-12-20(31(33,34)35)15-21(13-18)32(36,37)38/h6-7,12-13,15,17,19,22-23H,4-5,8-11,14,16,39H2,1-3H3/t22-,23+/m1/s1. The van der Waals surface area contributed by atoms with Gasteiger partial charge in [0.25, 0.3) is 0 Å². The average molecular weight is 667 g/mol. The number of carbonyl (C=O) groups is 1. The van der Waals surface area contributed by atoms with Crippen LogP contribution in [-0.2, 0) is 28.3 Å². The molecule has 2 aliphatic heterocycles. The molecule has 1 fully saturated rings. The number of rotatable bonds is 8. The van der Waals surface area contributed by atoms with Gasteiger partial charge in [-0.15, -0.1) is 0 Å². The lowest BCUT2D eigenvalue weighted by Crippen LogP contribution is -2.46. The lowest BCUT2D eigenvalue weighted by molar-refractivity contribution is -0.148. The number of piperidine rings is 1. The molecule has 0 bridgehead atoms. The van der Waals surface area contributed by atoms with E-state index < -0.39 is 29.4 Å². The molecule has 0 radical (unpaired) electrons. The lowest BCUT2D eigenvalue weighted by atomic mass is 9.88. The average Bonchev–Trinajstić information content (AvgIpc) is 3.04. The summed E-state index contributed by atoms with van der Waals surface area (Å²) in [5, 5.41) is 1.63. The van der Waals surface area contributed by atoms with Gasteiger partial charge in [-0.25, -0.2) is 20.8 Å². The maximum Gasteiger partial charge on any atom is 0.416 e. The molecule has 4 heterocycles. The minimum absolute atomic E-state index is 0.109. The van der Waals surface area contributed by atoms with Gasteiger partial charge in [0, 0.05) is 31.6 Å². The molecule has 0 spiro atoms. The van der Waals surface area contributed by atoms with Gasteiger partial charge in [-0.05, 0) is 62.4 Å². The molecule has 3 aromatic rings. The van der Waals surface area contributed by atoms with Crippen LogP contribution in [0.5, 0.6) is 5.88 Å². The first-order valence-corrected chi connectivity index (χ1v) is 15.4. The van der Waals surface area contributed by atoms with Crippen LogP contribution in [0.25, 0.3) is 0 Å². The van der Waals surface area contributed by atoms with Gasteiger partial charge in [0.05, 0.1) is 65.6 Å². The van der Waals surface area contributed by atoms with Crippen molar-refractivity contribution in [1.29, 1.82) is 0 Å². The number of anilines is 2. The molecule has 2 atom stereocenters. The number of hydrazine groups is 1. The van der Waals surface area contributed by atoms with E-state index in [1.807, 2.05) is 11.8 Å². The van der Waals surface area contributed by atoms with E-state index in [9.17, 15) is 31.1 Å². The van der Waals surface area contributed by atoms with Crippen molar-refractivity contribution >= 4 is 17.3 Å². The van der Waals surface area contributed by atoms with E-state index in [1.165, 1.54) is 7.11 Å². The van der Waals surface area contributed by atoms with Crippen LogP contribution >= 0.6 is 0 Å². The van der Waals surface area contributed by atoms with E-state index in [-0.39, 0.29) is 48.3 Å². The second kappa shape index (κ2) is 13.5. The van der Waals surface area contributed by atoms with Gasteiger partial charge in [-0.3, -0.25) is 4.79 Å². The van der Waals surface area contributed by atoms with E-state index in [2.05, 4.69) is 9.97 Å². The number of nitrogens with two attached hydrogens (primary N) is 1. The highest BCUT2D eigenvalue weighted by Gasteiger charge is 2.38. The summed E-state index contributed by atoms with van der Waals surface area (Å²) in [6, 6.07) is 4.88. The molecule has 2 aliphatic rings. The number of hydrogen-bond acceptors (Lipinski definition) is 9. The Bertz CT molecular complexity index is 1560. The minimum atomic E-state index is -5.00. The van der Waals surface area contributed by atoms with Crippen molar-refractivity contribution in [2.24, 2.45) is 11.8 Å². The van der Waals surface area contributed by atoms with Gasteiger partial charge in [-0.1, -0.05) is 6.92 Å². The second-order valence-corrected chi connectivity index (χ2v) is 11.7. The predicted molar refractivity (Wildman–Crippen MR) is 161 cm³/mol. The highest BCUT2D eigenvalue weighted by molar-refractivity contribution is 5.73. The van der Waals surface area contributed by atoms with Crippen molar-refractivity contribution in [2.75, 3.05) is 36.7 Å². The molecule has 1 saturated heterocycles. The predicted octanol–water partition coefficient (Wildman–Crippen LogP) is 6.28. The molecule has 15 heteroatoms. The molecule has 9 nitrogen and oxygen atoms in total. The first-order valence-electron chi connectivity index (χ1n) is 15.4. The van der Waals surface area contributed by atoms with Crippen molar-refractivity contribution in [3.8, 4) is 5.88 Å². The number of hydrogen-bond donors (Lipinski definition) is 1. The monoisotopic (exact) mass is 666 g/mol. The molecule has 0 amide bonds. The minimum Gasteiger partial charge on any atom is -0.481 e. The van der Waals surface area contributed by atoms with Crippen LogP contribution in [0.4, 0.5) is 37.7 Å². The van der Waals surface area contributed by atoms with E-state index in [0.717, 1.165) is 12.1 Å². The van der Waals surface area contributed by atoms with Crippen molar-refractivity contribution in [1.82, 2.24) is 15.0 Å². The van der Waals surface area contributed by atoms with Gasteiger partial charge in [0.2, 0.25) is 5.88 Å². The van der Waals surface area contributed by atoms with Crippen LogP contribution in [0, 0.1) is 5.92 Å². The van der Waals surface area contributed by atoms with Crippen LogP contribution in [-0.4, -0.2) is 53.8 Å². The Morgan fingerprint density at radius 3 is 2.21 bits per heavy atom. The van der Waals surface area contributed by atoms with Gasteiger partial charge >= 0.3 is 18.3 Å². The molecular weight excluding hydrogens is 630 g/mol. The summed E-state index contributed by atoms with van der Waals surface area (Å²) in [5.41, 5.74) is -1.11. The number of benzene rings is 1. The third-order valence-electron chi connectivity index (χ3n) is 8.72. The van der Waals surface area contributed by atoms with E-state index >= 15 is 0 Å². The molecule has 2 aromatic heterocycles. The zero-order chi connectivity index (χ0) is 34.1. The van der Waals surface area contributed by atoms with Crippen LogP contribution in [0.3, 0.4) is 0 Å². The van der Waals surface area contributed by atoms with E-state index in [1.54, 1.807) is 30.3 Å². The van der Waals surface area contributed by atoms with Crippen molar-refractivity contribution in [3.05, 3.63) is 70.4 Å². The smallest absolute Gasteiger partial charge is 0.416 e. The number of carbonyl (C=O) groups excluding carboxylic acids is 1. The summed E-state index contributed by atoms with van der Waals surface area (Å²) in [7, 11) is 1.47. The molecular formula is C32H36F6N6O3. The Balaban J connectivity index is 1.59. The summed E-state index contributed by atoms with van der Waals surface area (Å²) in [5.74, 6) is 5.95. The molecule has 0 aliphatic carbocycles. The number of alkyl halides is 6. The molecule has 5 rings (SSSR count). The SMILES string of the molecule is CCOC(=O)C1CCN(c2cnc([C@H]3C[C@@H](CC)N(N)c4ccc(OC)nc43)nc2Cc2cc(C(F)(F)F)cc(C(F)(F)F)c2)CC1. The van der Waals surface area contributed by atoms with Crippen molar-refractivity contribution in [2.45, 2.75) is 70.3 Å². The fraction of sp³-hybridized carbons (Fsp3) is 0.500. The molecule has 0 unspecified atom stereocenters. The van der Waals surface area contributed by atoms with E-state index in [4.69, 9.17) is 20.3 Å². The normalized spacial score (nSPS) is 19.0. The van der Waals surface area contributed by atoms with Gasteiger partial charge in [0.15, 0.2) is 0 Å². The topological polar surface area (TPSA) is 107 Å². The molecule has 0 saturated carbocycles. The van der Waals surface area contributed by atoms with Crippen LogP contribution in [0.2, 0.25) is 0 Å². The number of halogens is 6. The first-order chi connectivity index (χ1) is 22.2. The number of nitrogens with zero attached hydrogens (tertiary/aromatic N) is 5. The Morgan fingerprint density at radius 2 is 1.64 bits per heavy atom. The Kier molecular flexibility index (Phi) is 9.85. The molecule has 1 aromatic carbocycles. The lowest BCUT2D eigenvalue weighted by Gasteiger charge is -2.38. The zero-order valence-electron chi connectivity index (χ0n) is 26.2. The van der Waals surface area contributed by atoms with Gasteiger partial charge in [0.1, 0.15) is 5.82 Å². The number of pyridine rings is 1. The maximum atomic E-state index is 13.7. The third kappa shape index (κ3) is 7.39. The number of ether oxygens (including phenoxy) is 2. The van der Waals surface area contributed by atoms with Crippen LogP contribution in [0.15, 0.2) is 36.5 Å². The van der Waals surface area contributed by atoms with E-state index in [0.29, 0.717) is 67.5 Å². The fourth-order valence-electron chi connectivity index (χ4n) is 6.24. The molecule has 254 valence electrons. The summed E-state index contributed by atoms with van der Waals surface area (Å²) in [6.45, 7) is 4.73. The summed E-state index contributed by atoms with van der Waals surface area (Å²) >= 11 is 0. The van der Waals surface area contributed by atoms with Crippen LogP contribution < -0.4 is 20.5 Å². The molecule has 47 heavy (non-hydrogen) atoms. The van der Waals surface area contributed by atoms with Crippen molar-refractivity contribution < 1.29 is 40.6 Å². The third-order valence-corrected chi connectivity index (χ3v) is 8.72. The highest BCUT2D eigenvalue weighted by atomic mass is 19.4. The van der Waals surface area contributed by atoms with Gasteiger partial charge < -0.3 is 19.4 Å². The number of esters is 1. The summed E-state index contributed by atoms with van der Waals surface area (Å²) in [4.78, 5) is 28.4. The fourth-order valence-corrected chi connectivity index (χ4v) is 6.24. The first kappa shape index (κ1) is 34.2. The summed E-state index contributed by atoms with van der Waals surface area (Å²) < 4.78 is 93.0. The number of methoxy groups -OCH3 is 1. The second-order valence-electron chi connectivity index (χ2n) is 11.7. The van der Waals surface area contributed by atoms with Gasteiger partial charge in [-0.2, -0.15) is 26.3 Å². The molecule has 2 N–H and O–H groups in total. The number of aromatic nitrogens is 3. The Morgan fingerprint density at radius 1 is 0.979 bits per heavy atom. The van der Waals surface area contributed by atoms with Crippen LogP contribution in [0.1, 0.15) is 79.4 Å².